The normalized spacial score (nSPS) is 10.9. The van der Waals surface area contributed by atoms with E-state index in [1.807, 2.05) is 12.1 Å². The van der Waals surface area contributed by atoms with Gasteiger partial charge in [0.25, 0.3) is 5.91 Å². The van der Waals surface area contributed by atoms with Gasteiger partial charge in [-0.15, -0.1) is 11.3 Å². The molecule has 25 heavy (non-hydrogen) atoms. The Labute approximate surface area is 150 Å². The van der Waals surface area contributed by atoms with Gasteiger partial charge >= 0.3 is 5.97 Å². The minimum absolute atomic E-state index is 0.147. The summed E-state index contributed by atoms with van der Waals surface area (Å²) in [6.07, 6.45) is 0. The Balaban J connectivity index is 1.87. The van der Waals surface area contributed by atoms with Gasteiger partial charge in [-0.3, -0.25) is 4.79 Å². The number of hydrogen-bond donors (Lipinski definition) is 1. The molecular formula is C19H20N2O3S. The van der Waals surface area contributed by atoms with Gasteiger partial charge in [-0.05, 0) is 41.8 Å². The maximum atomic E-state index is 12.9. The predicted octanol–water partition coefficient (Wildman–Crippen LogP) is 3.91. The lowest BCUT2D eigenvalue weighted by atomic mass is 10.1. The summed E-state index contributed by atoms with van der Waals surface area (Å²) in [5.41, 5.74) is 3.24. The van der Waals surface area contributed by atoms with Crippen molar-refractivity contribution < 1.29 is 14.3 Å². The zero-order valence-corrected chi connectivity index (χ0v) is 15.5. The molecule has 0 spiro atoms. The highest BCUT2D eigenvalue weighted by molar-refractivity contribution is 7.17. The van der Waals surface area contributed by atoms with Gasteiger partial charge in [0.15, 0.2) is 0 Å². The number of methoxy groups -OCH3 is 1. The molecule has 0 atom stereocenters. The minimum Gasteiger partial charge on any atom is -0.465 e. The summed E-state index contributed by atoms with van der Waals surface area (Å²) in [7, 11) is 3.10. The average molecular weight is 356 g/mol. The SMILES string of the molecule is COC(=O)c1c(C)[nH]c(C(=O)N(C)Cc2csc3ccccc23)c1C. The Morgan fingerprint density at radius 3 is 2.68 bits per heavy atom. The molecule has 0 aliphatic rings. The van der Waals surface area contributed by atoms with Gasteiger partial charge in [0.2, 0.25) is 0 Å². The molecule has 0 aliphatic heterocycles. The van der Waals surface area contributed by atoms with Crippen LogP contribution in [0.5, 0.6) is 0 Å². The van der Waals surface area contributed by atoms with Crippen LogP contribution in [0.1, 0.15) is 37.7 Å². The van der Waals surface area contributed by atoms with E-state index < -0.39 is 5.97 Å². The average Bonchev–Trinajstić information content (AvgIpc) is 3.14. The highest BCUT2D eigenvalue weighted by atomic mass is 32.1. The number of aromatic nitrogens is 1. The highest BCUT2D eigenvalue weighted by Gasteiger charge is 2.24. The van der Waals surface area contributed by atoms with Crippen molar-refractivity contribution in [3.8, 4) is 0 Å². The van der Waals surface area contributed by atoms with Crippen molar-refractivity contribution in [1.29, 1.82) is 0 Å². The van der Waals surface area contributed by atoms with Crippen LogP contribution >= 0.6 is 11.3 Å². The number of thiophene rings is 1. The summed E-state index contributed by atoms with van der Waals surface area (Å²) in [5.74, 6) is -0.581. The van der Waals surface area contributed by atoms with Crippen LogP contribution < -0.4 is 0 Å². The highest BCUT2D eigenvalue weighted by Crippen LogP contribution is 2.27. The van der Waals surface area contributed by atoms with E-state index in [4.69, 9.17) is 4.74 Å². The molecule has 3 aromatic rings. The predicted molar refractivity (Wildman–Crippen MR) is 99.2 cm³/mol. The van der Waals surface area contributed by atoms with E-state index in [2.05, 4.69) is 22.5 Å². The summed E-state index contributed by atoms with van der Waals surface area (Å²) in [6, 6.07) is 8.16. The first-order valence-corrected chi connectivity index (χ1v) is 8.80. The van der Waals surface area contributed by atoms with E-state index in [-0.39, 0.29) is 5.91 Å². The topological polar surface area (TPSA) is 62.4 Å². The molecule has 6 heteroatoms. The van der Waals surface area contributed by atoms with Gasteiger partial charge in [0, 0.05) is 24.0 Å². The molecule has 2 heterocycles. The number of nitrogens with zero attached hydrogens (tertiary/aromatic N) is 1. The van der Waals surface area contributed by atoms with Crippen molar-refractivity contribution in [3.05, 3.63) is 57.7 Å². The molecule has 5 nitrogen and oxygen atoms in total. The van der Waals surface area contributed by atoms with E-state index in [1.54, 1.807) is 37.1 Å². The van der Waals surface area contributed by atoms with E-state index in [0.717, 1.165) is 5.56 Å². The van der Waals surface area contributed by atoms with Crippen LogP contribution in [0.15, 0.2) is 29.6 Å². The van der Waals surface area contributed by atoms with Crippen LogP contribution in [0.3, 0.4) is 0 Å². The van der Waals surface area contributed by atoms with Crippen molar-refractivity contribution in [2.75, 3.05) is 14.2 Å². The monoisotopic (exact) mass is 356 g/mol. The van der Waals surface area contributed by atoms with Crippen molar-refractivity contribution in [2.45, 2.75) is 20.4 Å². The number of carbonyl (C=O) groups is 2. The fourth-order valence-electron chi connectivity index (χ4n) is 3.05. The number of H-pyrrole nitrogens is 1. The van der Waals surface area contributed by atoms with Crippen LogP contribution in [0.4, 0.5) is 0 Å². The lowest BCUT2D eigenvalue weighted by molar-refractivity contribution is 0.0599. The number of hydrogen-bond acceptors (Lipinski definition) is 4. The summed E-state index contributed by atoms with van der Waals surface area (Å²) in [4.78, 5) is 29.4. The number of carbonyl (C=O) groups excluding carboxylic acids is 2. The lowest BCUT2D eigenvalue weighted by Crippen LogP contribution is -2.27. The fourth-order valence-corrected chi connectivity index (χ4v) is 4.00. The number of amides is 1. The molecule has 3 rings (SSSR count). The standard InChI is InChI=1S/C19H20N2O3S/c1-11-16(19(23)24-4)12(2)20-17(11)18(22)21(3)9-13-10-25-15-8-6-5-7-14(13)15/h5-8,10,20H,9H2,1-4H3. The van der Waals surface area contributed by atoms with Crippen molar-refractivity contribution >= 4 is 33.3 Å². The second-order valence-electron chi connectivity index (χ2n) is 6.03. The molecule has 1 amide bonds. The number of rotatable bonds is 4. The van der Waals surface area contributed by atoms with Crippen LogP contribution in [-0.4, -0.2) is 35.9 Å². The number of fused-ring (bicyclic) bond motifs is 1. The molecule has 130 valence electrons. The molecule has 1 aromatic carbocycles. The summed E-state index contributed by atoms with van der Waals surface area (Å²) < 4.78 is 6.01. The zero-order chi connectivity index (χ0) is 18.1. The van der Waals surface area contributed by atoms with Gasteiger partial charge in [0.1, 0.15) is 5.69 Å². The Morgan fingerprint density at radius 1 is 1.24 bits per heavy atom. The van der Waals surface area contributed by atoms with E-state index in [0.29, 0.717) is 29.1 Å². The Bertz CT molecular complexity index is 955. The molecule has 0 aliphatic carbocycles. The van der Waals surface area contributed by atoms with Crippen LogP contribution in [0.25, 0.3) is 10.1 Å². The maximum Gasteiger partial charge on any atom is 0.339 e. The number of aromatic amines is 1. The van der Waals surface area contributed by atoms with Gasteiger partial charge in [-0.25, -0.2) is 4.79 Å². The Morgan fingerprint density at radius 2 is 1.96 bits per heavy atom. The fraction of sp³-hybridized carbons (Fsp3) is 0.263. The van der Waals surface area contributed by atoms with Crippen molar-refractivity contribution in [1.82, 2.24) is 9.88 Å². The molecule has 0 saturated carbocycles. The molecule has 2 aromatic heterocycles. The first kappa shape index (κ1) is 17.2. The van der Waals surface area contributed by atoms with E-state index in [9.17, 15) is 9.59 Å². The summed E-state index contributed by atoms with van der Waals surface area (Å²) >= 11 is 1.67. The van der Waals surface area contributed by atoms with E-state index >= 15 is 0 Å². The molecule has 0 unspecified atom stereocenters. The Hall–Kier alpha value is -2.60. The van der Waals surface area contributed by atoms with E-state index in [1.165, 1.54) is 17.2 Å². The number of esters is 1. The Kier molecular flexibility index (Phi) is 4.63. The molecule has 1 N–H and O–H groups in total. The molecular weight excluding hydrogens is 336 g/mol. The van der Waals surface area contributed by atoms with Gasteiger partial charge < -0.3 is 14.6 Å². The summed E-state index contributed by atoms with van der Waals surface area (Å²) in [6.45, 7) is 4.03. The third-order valence-electron chi connectivity index (χ3n) is 4.36. The third-order valence-corrected chi connectivity index (χ3v) is 5.37. The minimum atomic E-state index is -0.434. The van der Waals surface area contributed by atoms with Gasteiger partial charge in [-0.1, -0.05) is 18.2 Å². The number of aryl methyl sites for hydroxylation is 1. The first-order valence-electron chi connectivity index (χ1n) is 7.92. The lowest BCUT2D eigenvalue weighted by Gasteiger charge is -2.16. The third kappa shape index (κ3) is 3.05. The molecule has 0 bridgehead atoms. The van der Waals surface area contributed by atoms with Gasteiger partial charge in [0.05, 0.1) is 12.7 Å². The number of benzene rings is 1. The zero-order valence-electron chi connectivity index (χ0n) is 14.7. The van der Waals surface area contributed by atoms with Gasteiger partial charge in [-0.2, -0.15) is 0 Å². The largest absolute Gasteiger partial charge is 0.465 e. The van der Waals surface area contributed by atoms with Crippen LogP contribution in [0, 0.1) is 13.8 Å². The smallest absolute Gasteiger partial charge is 0.339 e. The van der Waals surface area contributed by atoms with Crippen LogP contribution in [0.2, 0.25) is 0 Å². The second kappa shape index (κ2) is 6.72. The molecule has 0 saturated heterocycles. The van der Waals surface area contributed by atoms with Crippen molar-refractivity contribution in [2.24, 2.45) is 0 Å². The number of ether oxygens (including phenoxy) is 1. The molecule has 0 fully saturated rings. The first-order chi connectivity index (χ1) is 11.9. The summed E-state index contributed by atoms with van der Waals surface area (Å²) in [5, 5.41) is 3.25. The maximum absolute atomic E-state index is 12.9. The quantitative estimate of drug-likeness (QED) is 0.721. The second-order valence-corrected chi connectivity index (χ2v) is 6.95. The van der Waals surface area contributed by atoms with Crippen LogP contribution in [-0.2, 0) is 11.3 Å². The number of nitrogens with one attached hydrogen (secondary N) is 1. The van der Waals surface area contributed by atoms with Crippen molar-refractivity contribution in [3.63, 3.8) is 0 Å². The molecule has 0 radical (unpaired) electrons.